The van der Waals surface area contributed by atoms with E-state index < -0.39 is 4.92 Å². The molecule has 0 atom stereocenters. The number of hydrogen-bond acceptors (Lipinski definition) is 4. The molecule has 0 spiro atoms. The maximum absolute atomic E-state index is 10.6. The van der Waals surface area contributed by atoms with Crippen molar-refractivity contribution in [2.45, 2.75) is 6.42 Å². The van der Waals surface area contributed by atoms with Crippen LogP contribution < -0.4 is 0 Å². The molecule has 7 heteroatoms. The SMILES string of the molecule is O=[N+]([O-])c1ccc(Cc2nc3cc(Br)cnc3[nH]2)cc1. The molecule has 0 unspecified atom stereocenters. The Morgan fingerprint density at radius 1 is 1.30 bits per heavy atom. The number of hydrogen-bond donors (Lipinski definition) is 1. The lowest BCUT2D eigenvalue weighted by atomic mass is 10.1. The largest absolute Gasteiger partial charge is 0.326 e. The average molecular weight is 333 g/mol. The van der Waals surface area contributed by atoms with Gasteiger partial charge < -0.3 is 4.98 Å². The molecule has 6 nitrogen and oxygen atoms in total. The van der Waals surface area contributed by atoms with E-state index in [1.165, 1.54) is 12.1 Å². The fourth-order valence-corrected chi connectivity index (χ4v) is 2.25. The Labute approximate surface area is 122 Å². The Balaban J connectivity index is 1.87. The van der Waals surface area contributed by atoms with Gasteiger partial charge in [0.25, 0.3) is 5.69 Å². The number of pyridine rings is 1. The third kappa shape index (κ3) is 2.53. The lowest BCUT2D eigenvalue weighted by Gasteiger charge is -1.97. The number of H-pyrrole nitrogens is 1. The van der Waals surface area contributed by atoms with Gasteiger partial charge in [0.05, 0.1) is 4.92 Å². The van der Waals surface area contributed by atoms with Crippen molar-refractivity contribution >= 4 is 32.8 Å². The van der Waals surface area contributed by atoms with E-state index in [-0.39, 0.29) is 5.69 Å². The highest BCUT2D eigenvalue weighted by Gasteiger charge is 2.07. The highest BCUT2D eigenvalue weighted by atomic mass is 79.9. The molecule has 1 N–H and O–H groups in total. The van der Waals surface area contributed by atoms with E-state index in [0.717, 1.165) is 27.0 Å². The van der Waals surface area contributed by atoms with Gasteiger partial charge in [0.2, 0.25) is 0 Å². The molecule has 2 heterocycles. The second-order valence-electron chi connectivity index (χ2n) is 4.31. The second kappa shape index (κ2) is 5.01. The minimum absolute atomic E-state index is 0.0870. The van der Waals surface area contributed by atoms with Crippen molar-refractivity contribution in [3.05, 3.63) is 62.5 Å². The molecule has 1 aromatic carbocycles. The van der Waals surface area contributed by atoms with Gasteiger partial charge in [-0.3, -0.25) is 10.1 Å². The van der Waals surface area contributed by atoms with Gasteiger partial charge in [0.1, 0.15) is 11.3 Å². The van der Waals surface area contributed by atoms with Gasteiger partial charge in [-0.15, -0.1) is 0 Å². The minimum atomic E-state index is -0.410. The summed E-state index contributed by atoms with van der Waals surface area (Å²) in [4.78, 5) is 22.0. The number of aromatic nitrogens is 3. The molecule has 3 rings (SSSR count). The lowest BCUT2D eigenvalue weighted by molar-refractivity contribution is -0.384. The van der Waals surface area contributed by atoms with Crippen molar-refractivity contribution in [3.8, 4) is 0 Å². The first kappa shape index (κ1) is 12.7. The van der Waals surface area contributed by atoms with E-state index >= 15 is 0 Å². The quantitative estimate of drug-likeness (QED) is 0.589. The van der Waals surface area contributed by atoms with Gasteiger partial charge in [-0.2, -0.15) is 0 Å². The zero-order valence-electron chi connectivity index (χ0n) is 10.2. The number of benzene rings is 1. The van der Waals surface area contributed by atoms with Crippen LogP contribution in [0.4, 0.5) is 5.69 Å². The molecule has 0 aliphatic carbocycles. The molecule has 0 amide bonds. The fraction of sp³-hybridized carbons (Fsp3) is 0.0769. The van der Waals surface area contributed by atoms with Crippen molar-refractivity contribution in [3.63, 3.8) is 0 Å². The van der Waals surface area contributed by atoms with Gasteiger partial charge >= 0.3 is 0 Å². The molecule has 0 saturated carbocycles. The first-order chi connectivity index (χ1) is 9.61. The van der Waals surface area contributed by atoms with Gasteiger partial charge in [-0.1, -0.05) is 12.1 Å². The van der Waals surface area contributed by atoms with Crippen LogP contribution in [0.1, 0.15) is 11.4 Å². The van der Waals surface area contributed by atoms with Crippen molar-refractivity contribution in [2.75, 3.05) is 0 Å². The topological polar surface area (TPSA) is 84.7 Å². The number of rotatable bonds is 3. The summed E-state index contributed by atoms with van der Waals surface area (Å²) in [5.74, 6) is 0.777. The zero-order chi connectivity index (χ0) is 14.1. The number of imidazole rings is 1. The van der Waals surface area contributed by atoms with Crippen LogP contribution in [0.15, 0.2) is 41.0 Å². The minimum Gasteiger partial charge on any atom is -0.326 e. The highest BCUT2D eigenvalue weighted by molar-refractivity contribution is 9.10. The maximum atomic E-state index is 10.6. The monoisotopic (exact) mass is 332 g/mol. The number of nitro groups is 1. The summed E-state index contributed by atoms with van der Waals surface area (Å²) in [5.41, 5.74) is 2.55. The van der Waals surface area contributed by atoms with Crippen LogP contribution in [0.3, 0.4) is 0 Å². The van der Waals surface area contributed by atoms with Gasteiger partial charge in [-0.25, -0.2) is 9.97 Å². The first-order valence-corrected chi connectivity index (χ1v) is 6.64. The van der Waals surface area contributed by atoms with E-state index in [2.05, 4.69) is 30.9 Å². The first-order valence-electron chi connectivity index (χ1n) is 5.85. The maximum Gasteiger partial charge on any atom is 0.269 e. The predicted octanol–water partition coefficient (Wildman–Crippen LogP) is 3.22. The van der Waals surface area contributed by atoms with Crippen molar-refractivity contribution in [1.82, 2.24) is 15.0 Å². The number of aromatic amines is 1. The zero-order valence-corrected chi connectivity index (χ0v) is 11.8. The number of nitro benzene ring substituents is 1. The molecular formula is C13H9BrN4O2. The molecule has 0 aliphatic rings. The Kier molecular flexibility index (Phi) is 3.19. The van der Waals surface area contributed by atoms with E-state index in [0.29, 0.717) is 6.42 Å². The van der Waals surface area contributed by atoms with Gasteiger partial charge in [0, 0.05) is 29.2 Å². The Hall–Kier alpha value is -2.28. The van der Waals surface area contributed by atoms with Crippen LogP contribution >= 0.6 is 15.9 Å². The molecule has 0 aliphatic heterocycles. The molecule has 0 fully saturated rings. The molecule has 0 bridgehead atoms. The number of fused-ring (bicyclic) bond motifs is 1. The van der Waals surface area contributed by atoms with Crippen LogP contribution in [0, 0.1) is 10.1 Å². The van der Waals surface area contributed by atoms with E-state index in [1.807, 2.05) is 6.07 Å². The summed E-state index contributed by atoms with van der Waals surface area (Å²) in [5, 5.41) is 10.6. The number of nitrogens with zero attached hydrogens (tertiary/aromatic N) is 3. The summed E-state index contributed by atoms with van der Waals surface area (Å²) >= 11 is 3.35. The van der Waals surface area contributed by atoms with Gasteiger partial charge in [-0.05, 0) is 27.6 Å². The standard InChI is InChI=1S/C13H9BrN4O2/c14-9-6-11-13(15-7-9)17-12(16-11)5-8-1-3-10(4-2-8)18(19)20/h1-4,6-7H,5H2,(H,15,16,17). The summed E-state index contributed by atoms with van der Waals surface area (Å²) in [6.07, 6.45) is 2.28. The summed E-state index contributed by atoms with van der Waals surface area (Å²) in [6, 6.07) is 8.33. The highest BCUT2D eigenvalue weighted by Crippen LogP contribution is 2.18. The average Bonchev–Trinajstić information content (AvgIpc) is 2.80. The number of halogens is 1. The predicted molar refractivity (Wildman–Crippen MR) is 77.5 cm³/mol. The third-order valence-electron chi connectivity index (χ3n) is 2.87. The summed E-state index contributed by atoms with van der Waals surface area (Å²) in [7, 11) is 0. The molecule has 20 heavy (non-hydrogen) atoms. The van der Waals surface area contributed by atoms with Crippen molar-refractivity contribution in [2.24, 2.45) is 0 Å². The van der Waals surface area contributed by atoms with Crippen molar-refractivity contribution < 1.29 is 4.92 Å². The second-order valence-corrected chi connectivity index (χ2v) is 5.22. The van der Waals surface area contributed by atoms with Crippen molar-refractivity contribution in [1.29, 1.82) is 0 Å². The molecule has 0 radical (unpaired) electrons. The lowest BCUT2D eigenvalue weighted by Crippen LogP contribution is -1.92. The van der Waals surface area contributed by atoms with Gasteiger partial charge in [0.15, 0.2) is 5.65 Å². The Bertz CT molecular complexity index is 783. The fourth-order valence-electron chi connectivity index (χ4n) is 1.93. The molecule has 100 valence electrons. The normalized spacial score (nSPS) is 10.8. The molecule has 0 saturated heterocycles. The summed E-state index contributed by atoms with van der Waals surface area (Å²) < 4.78 is 0.874. The number of nitrogens with one attached hydrogen (secondary N) is 1. The smallest absolute Gasteiger partial charge is 0.269 e. The van der Waals surface area contributed by atoms with Crippen LogP contribution in [-0.4, -0.2) is 19.9 Å². The van der Waals surface area contributed by atoms with Crippen LogP contribution in [0.25, 0.3) is 11.2 Å². The van der Waals surface area contributed by atoms with Crippen LogP contribution in [0.2, 0.25) is 0 Å². The Morgan fingerprint density at radius 3 is 2.75 bits per heavy atom. The van der Waals surface area contributed by atoms with Crippen LogP contribution in [-0.2, 0) is 6.42 Å². The summed E-state index contributed by atoms with van der Waals surface area (Å²) in [6.45, 7) is 0. The van der Waals surface area contributed by atoms with Crippen LogP contribution in [0.5, 0.6) is 0 Å². The molecule has 2 aromatic heterocycles. The number of non-ortho nitro benzene ring substituents is 1. The molecule has 3 aromatic rings. The molecular weight excluding hydrogens is 324 g/mol. The van der Waals surface area contributed by atoms with E-state index in [9.17, 15) is 10.1 Å². The third-order valence-corrected chi connectivity index (χ3v) is 3.30. The van der Waals surface area contributed by atoms with E-state index in [1.54, 1.807) is 18.3 Å². The van der Waals surface area contributed by atoms with E-state index in [4.69, 9.17) is 0 Å². The Morgan fingerprint density at radius 2 is 2.05 bits per heavy atom.